The summed E-state index contributed by atoms with van der Waals surface area (Å²) in [4.78, 5) is 27.3. The Kier molecular flexibility index (Phi) is 4.82. The van der Waals surface area contributed by atoms with Gasteiger partial charge in [-0.2, -0.15) is 0 Å². The first-order valence-electron chi connectivity index (χ1n) is 10.3. The Morgan fingerprint density at radius 1 is 0.903 bits per heavy atom. The average molecular weight is 414 g/mol. The second-order valence-electron chi connectivity index (χ2n) is 7.65. The van der Waals surface area contributed by atoms with Gasteiger partial charge in [0, 0.05) is 24.1 Å². The van der Waals surface area contributed by atoms with Crippen LogP contribution in [0.1, 0.15) is 30.5 Å². The quantitative estimate of drug-likeness (QED) is 0.695. The van der Waals surface area contributed by atoms with Crippen molar-refractivity contribution in [2.24, 2.45) is 0 Å². The predicted octanol–water partition coefficient (Wildman–Crippen LogP) is 4.20. The van der Waals surface area contributed by atoms with Crippen LogP contribution in [0.25, 0.3) is 0 Å². The second-order valence-corrected chi connectivity index (χ2v) is 7.65. The number of rotatable bonds is 4. The third-order valence-corrected chi connectivity index (χ3v) is 5.62. The summed E-state index contributed by atoms with van der Waals surface area (Å²) < 4.78 is 11.7. The summed E-state index contributed by atoms with van der Waals surface area (Å²) in [5, 5.41) is 3.13. The number of benzene rings is 3. The van der Waals surface area contributed by atoms with E-state index in [0.717, 1.165) is 22.6 Å². The normalized spacial score (nSPS) is 17.0. The molecule has 0 saturated carbocycles. The average Bonchev–Trinajstić information content (AvgIpc) is 2.79. The zero-order valence-electron chi connectivity index (χ0n) is 17.1. The lowest BCUT2D eigenvalue weighted by atomic mass is 9.94. The van der Waals surface area contributed by atoms with E-state index in [1.54, 1.807) is 11.8 Å². The number of anilines is 1. The van der Waals surface area contributed by atoms with E-state index in [1.807, 2.05) is 72.8 Å². The number of para-hydroxylation sites is 4. The van der Waals surface area contributed by atoms with Gasteiger partial charge in [0.05, 0.1) is 11.7 Å². The van der Waals surface area contributed by atoms with Gasteiger partial charge in [0.2, 0.25) is 5.91 Å². The molecular weight excluding hydrogens is 392 g/mol. The molecule has 0 saturated heterocycles. The number of ether oxygens (including phenoxy) is 2. The summed E-state index contributed by atoms with van der Waals surface area (Å²) in [5.74, 6) is 1.84. The number of hydrogen-bond donors (Lipinski definition) is 1. The van der Waals surface area contributed by atoms with Crippen LogP contribution in [0.15, 0.2) is 72.8 Å². The fraction of sp³-hybridized carbons (Fsp3) is 0.200. The number of carbonyl (C=O) groups is 2. The summed E-state index contributed by atoms with van der Waals surface area (Å²) in [6.07, 6.45) is -0.402. The van der Waals surface area contributed by atoms with Gasteiger partial charge in [-0.05, 0) is 31.2 Å². The lowest BCUT2D eigenvalue weighted by Crippen LogP contribution is -2.46. The van der Waals surface area contributed by atoms with Gasteiger partial charge in [-0.15, -0.1) is 0 Å². The molecule has 0 spiro atoms. The molecule has 6 heteroatoms. The van der Waals surface area contributed by atoms with Crippen molar-refractivity contribution >= 4 is 17.5 Å². The SMILES string of the molecule is CC1Oc2ccccc2N(CCC(=O)NC2c3ccccc3Oc3ccccc32)C1=O. The number of hydrogen-bond acceptors (Lipinski definition) is 4. The van der Waals surface area contributed by atoms with Crippen LogP contribution >= 0.6 is 0 Å². The van der Waals surface area contributed by atoms with E-state index >= 15 is 0 Å². The van der Waals surface area contributed by atoms with Gasteiger partial charge in [-0.1, -0.05) is 48.5 Å². The molecule has 1 N–H and O–H groups in total. The van der Waals surface area contributed by atoms with E-state index in [2.05, 4.69) is 5.32 Å². The van der Waals surface area contributed by atoms with Crippen molar-refractivity contribution in [2.75, 3.05) is 11.4 Å². The lowest BCUT2D eigenvalue weighted by molar-refractivity contribution is -0.125. The Balaban J connectivity index is 1.35. The fourth-order valence-electron chi connectivity index (χ4n) is 4.10. The minimum Gasteiger partial charge on any atom is -0.479 e. The number of amides is 2. The van der Waals surface area contributed by atoms with Crippen molar-refractivity contribution in [1.82, 2.24) is 5.32 Å². The molecule has 1 atom stereocenters. The monoisotopic (exact) mass is 414 g/mol. The van der Waals surface area contributed by atoms with Crippen molar-refractivity contribution in [1.29, 1.82) is 0 Å². The maximum absolute atomic E-state index is 13.0. The zero-order chi connectivity index (χ0) is 21.4. The Bertz CT molecular complexity index is 1110. The summed E-state index contributed by atoms with van der Waals surface area (Å²) in [6, 6.07) is 22.5. The molecule has 1 unspecified atom stereocenters. The van der Waals surface area contributed by atoms with E-state index in [0.29, 0.717) is 11.4 Å². The molecule has 0 fully saturated rings. The van der Waals surface area contributed by atoms with Gasteiger partial charge < -0.3 is 19.7 Å². The molecule has 2 heterocycles. The maximum atomic E-state index is 13.0. The van der Waals surface area contributed by atoms with Crippen molar-refractivity contribution in [2.45, 2.75) is 25.5 Å². The molecule has 3 aromatic rings. The van der Waals surface area contributed by atoms with Crippen molar-refractivity contribution in [3.8, 4) is 17.2 Å². The maximum Gasteiger partial charge on any atom is 0.267 e. The van der Waals surface area contributed by atoms with Gasteiger partial charge in [-0.3, -0.25) is 9.59 Å². The summed E-state index contributed by atoms with van der Waals surface area (Å²) in [7, 11) is 0. The fourth-order valence-corrected chi connectivity index (χ4v) is 4.10. The van der Waals surface area contributed by atoms with Gasteiger partial charge in [-0.25, -0.2) is 0 Å². The van der Waals surface area contributed by atoms with E-state index in [4.69, 9.17) is 9.47 Å². The van der Waals surface area contributed by atoms with Crippen molar-refractivity contribution < 1.29 is 19.1 Å². The van der Waals surface area contributed by atoms with E-state index in [-0.39, 0.29) is 30.8 Å². The zero-order valence-corrected chi connectivity index (χ0v) is 17.1. The third kappa shape index (κ3) is 3.50. The first kappa shape index (κ1) is 19.2. The van der Waals surface area contributed by atoms with Crippen LogP contribution in [0.4, 0.5) is 5.69 Å². The van der Waals surface area contributed by atoms with Crippen LogP contribution in [-0.2, 0) is 9.59 Å². The number of fused-ring (bicyclic) bond motifs is 3. The van der Waals surface area contributed by atoms with Crippen LogP contribution in [0.3, 0.4) is 0 Å². The van der Waals surface area contributed by atoms with Crippen LogP contribution in [-0.4, -0.2) is 24.5 Å². The highest BCUT2D eigenvalue weighted by Crippen LogP contribution is 2.42. The lowest BCUT2D eigenvalue weighted by Gasteiger charge is -2.33. The highest BCUT2D eigenvalue weighted by molar-refractivity contribution is 6.00. The van der Waals surface area contributed by atoms with Gasteiger partial charge in [0.25, 0.3) is 5.91 Å². The summed E-state index contributed by atoms with van der Waals surface area (Å²) in [5.41, 5.74) is 2.52. The molecule has 156 valence electrons. The van der Waals surface area contributed by atoms with Gasteiger partial charge >= 0.3 is 0 Å². The molecule has 0 aromatic heterocycles. The first-order valence-corrected chi connectivity index (χ1v) is 10.3. The molecule has 6 nitrogen and oxygen atoms in total. The third-order valence-electron chi connectivity index (χ3n) is 5.62. The molecule has 0 radical (unpaired) electrons. The van der Waals surface area contributed by atoms with Gasteiger partial charge in [0.15, 0.2) is 6.10 Å². The minimum atomic E-state index is -0.577. The molecule has 31 heavy (non-hydrogen) atoms. The van der Waals surface area contributed by atoms with Crippen LogP contribution in [0.5, 0.6) is 17.2 Å². The molecular formula is C25H22N2O4. The van der Waals surface area contributed by atoms with E-state index < -0.39 is 6.10 Å². The van der Waals surface area contributed by atoms with Gasteiger partial charge in [0.1, 0.15) is 17.2 Å². The number of nitrogens with one attached hydrogen (secondary N) is 1. The smallest absolute Gasteiger partial charge is 0.267 e. The molecule has 2 aliphatic heterocycles. The number of nitrogens with zero attached hydrogens (tertiary/aromatic N) is 1. The molecule has 0 aliphatic carbocycles. The highest BCUT2D eigenvalue weighted by atomic mass is 16.5. The Hall–Kier alpha value is -3.80. The number of carbonyl (C=O) groups excluding carboxylic acids is 2. The Morgan fingerprint density at radius 2 is 1.48 bits per heavy atom. The summed E-state index contributed by atoms with van der Waals surface area (Å²) >= 11 is 0. The molecule has 5 rings (SSSR count). The second kappa shape index (κ2) is 7.80. The molecule has 0 bridgehead atoms. The van der Waals surface area contributed by atoms with E-state index in [9.17, 15) is 9.59 Å². The van der Waals surface area contributed by atoms with Crippen LogP contribution in [0.2, 0.25) is 0 Å². The van der Waals surface area contributed by atoms with Crippen LogP contribution in [0, 0.1) is 0 Å². The Labute approximate surface area is 180 Å². The standard InChI is InChI=1S/C25H22N2O4/c1-16-25(29)27(19-10-4-7-13-22(19)30-16)15-14-23(28)26-24-17-8-2-5-11-20(17)31-21-12-6-3-9-18(21)24/h2-13,16,24H,14-15H2,1H3,(H,26,28). The Morgan fingerprint density at radius 3 is 2.16 bits per heavy atom. The minimum absolute atomic E-state index is 0.138. The first-order chi connectivity index (χ1) is 15.1. The largest absolute Gasteiger partial charge is 0.479 e. The highest BCUT2D eigenvalue weighted by Gasteiger charge is 2.32. The van der Waals surface area contributed by atoms with Crippen molar-refractivity contribution in [3.63, 3.8) is 0 Å². The summed E-state index contributed by atoms with van der Waals surface area (Å²) in [6.45, 7) is 2.00. The molecule has 2 aliphatic rings. The molecule has 3 aromatic carbocycles. The van der Waals surface area contributed by atoms with E-state index in [1.165, 1.54) is 0 Å². The topological polar surface area (TPSA) is 67.9 Å². The van der Waals surface area contributed by atoms with Crippen molar-refractivity contribution in [3.05, 3.63) is 83.9 Å². The predicted molar refractivity (Wildman–Crippen MR) is 116 cm³/mol. The van der Waals surface area contributed by atoms with Crippen LogP contribution < -0.4 is 19.7 Å². The molecule has 2 amide bonds.